The number of hydrogen-bond donors (Lipinski definition) is 1. The Bertz CT molecular complexity index is 776. The molecule has 4 nitrogen and oxygen atoms in total. The minimum absolute atomic E-state index is 0.262. The van der Waals surface area contributed by atoms with Gasteiger partial charge in [0.15, 0.2) is 5.11 Å². The van der Waals surface area contributed by atoms with Gasteiger partial charge in [-0.05, 0) is 61.5 Å². The molecule has 0 saturated heterocycles. The number of nitrogens with zero attached hydrogens (tertiary/aromatic N) is 1. The van der Waals surface area contributed by atoms with E-state index in [9.17, 15) is 4.39 Å². The topological polar surface area (TPSA) is 33.7 Å². The van der Waals surface area contributed by atoms with E-state index in [1.54, 1.807) is 26.4 Å². The average molecular weight is 389 g/mol. The molecule has 1 fully saturated rings. The lowest BCUT2D eigenvalue weighted by molar-refractivity contribution is 0.304. The molecule has 1 saturated carbocycles. The maximum Gasteiger partial charge on any atom is 0.173 e. The van der Waals surface area contributed by atoms with Crippen LogP contribution in [0.3, 0.4) is 0 Å². The summed E-state index contributed by atoms with van der Waals surface area (Å²) in [5.74, 6) is 1.28. The number of thiocarbonyl (C=S) groups is 1. The number of anilines is 1. The summed E-state index contributed by atoms with van der Waals surface area (Å²) in [4.78, 5) is 2.22. The molecular weight excluding hydrogens is 363 g/mol. The predicted octanol–water partition coefficient (Wildman–Crippen LogP) is 4.98. The molecule has 0 heterocycles. The smallest absolute Gasteiger partial charge is 0.173 e. The maximum absolute atomic E-state index is 13.2. The molecule has 144 valence electrons. The molecular formula is C21H25FN2O2S. The third kappa shape index (κ3) is 4.89. The highest BCUT2D eigenvalue weighted by Gasteiger charge is 2.26. The second-order valence-corrected chi connectivity index (χ2v) is 7.07. The van der Waals surface area contributed by atoms with E-state index in [1.807, 2.05) is 18.2 Å². The van der Waals surface area contributed by atoms with Crippen molar-refractivity contribution in [1.82, 2.24) is 4.90 Å². The van der Waals surface area contributed by atoms with Gasteiger partial charge in [0.25, 0.3) is 0 Å². The normalized spacial score (nSPS) is 14.0. The van der Waals surface area contributed by atoms with Gasteiger partial charge in [-0.15, -0.1) is 0 Å². The Morgan fingerprint density at radius 3 is 2.44 bits per heavy atom. The molecule has 0 atom stereocenters. The second kappa shape index (κ2) is 9.04. The number of rotatable bonds is 6. The van der Waals surface area contributed by atoms with E-state index in [1.165, 1.54) is 25.0 Å². The molecule has 0 spiro atoms. The maximum atomic E-state index is 13.2. The van der Waals surface area contributed by atoms with Gasteiger partial charge in [-0.25, -0.2) is 4.39 Å². The van der Waals surface area contributed by atoms with Crippen LogP contribution in [0, 0.1) is 5.82 Å². The van der Waals surface area contributed by atoms with E-state index in [0.717, 1.165) is 35.6 Å². The van der Waals surface area contributed by atoms with Crippen molar-refractivity contribution in [2.24, 2.45) is 0 Å². The van der Waals surface area contributed by atoms with Crippen LogP contribution < -0.4 is 14.8 Å². The van der Waals surface area contributed by atoms with Crippen LogP contribution in [0.4, 0.5) is 10.1 Å². The van der Waals surface area contributed by atoms with Gasteiger partial charge in [-0.2, -0.15) is 0 Å². The van der Waals surface area contributed by atoms with Gasteiger partial charge in [0.05, 0.1) is 14.2 Å². The molecule has 0 radical (unpaired) electrons. The first kappa shape index (κ1) is 19.4. The molecule has 6 heteroatoms. The molecule has 27 heavy (non-hydrogen) atoms. The first-order chi connectivity index (χ1) is 13.1. The van der Waals surface area contributed by atoms with Crippen molar-refractivity contribution in [3.63, 3.8) is 0 Å². The molecule has 0 amide bonds. The van der Waals surface area contributed by atoms with Crippen LogP contribution in [0.5, 0.6) is 11.5 Å². The van der Waals surface area contributed by atoms with E-state index in [4.69, 9.17) is 21.7 Å². The lowest BCUT2D eigenvalue weighted by atomic mass is 10.1. The summed E-state index contributed by atoms with van der Waals surface area (Å²) in [6, 6.07) is 12.5. The lowest BCUT2D eigenvalue weighted by Crippen LogP contribution is -2.41. The molecule has 1 N–H and O–H groups in total. The fraction of sp³-hybridized carbons (Fsp3) is 0.381. The zero-order valence-electron chi connectivity index (χ0n) is 15.7. The molecule has 2 aromatic carbocycles. The number of benzene rings is 2. The molecule has 0 aliphatic heterocycles. The average Bonchev–Trinajstić information content (AvgIpc) is 3.22. The third-order valence-corrected chi connectivity index (χ3v) is 5.29. The first-order valence-corrected chi connectivity index (χ1v) is 9.55. The number of nitrogens with one attached hydrogen (secondary N) is 1. The Morgan fingerprint density at radius 1 is 1.11 bits per heavy atom. The minimum Gasteiger partial charge on any atom is -0.497 e. The minimum atomic E-state index is -0.262. The molecule has 2 aromatic rings. The quantitative estimate of drug-likeness (QED) is 0.706. The van der Waals surface area contributed by atoms with Gasteiger partial charge in [-0.3, -0.25) is 0 Å². The fourth-order valence-electron chi connectivity index (χ4n) is 3.48. The monoisotopic (exact) mass is 388 g/mol. The summed E-state index contributed by atoms with van der Waals surface area (Å²) in [5.41, 5.74) is 1.83. The summed E-state index contributed by atoms with van der Waals surface area (Å²) < 4.78 is 24.0. The van der Waals surface area contributed by atoms with Crippen LogP contribution in [0.2, 0.25) is 0 Å². The summed E-state index contributed by atoms with van der Waals surface area (Å²) in [6.07, 6.45) is 4.65. The largest absolute Gasteiger partial charge is 0.497 e. The van der Waals surface area contributed by atoms with Crippen LogP contribution in [-0.2, 0) is 6.54 Å². The van der Waals surface area contributed by atoms with Gasteiger partial charge in [-0.1, -0.05) is 12.8 Å². The van der Waals surface area contributed by atoms with Crippen molar-refractivity contribution >= 4 is 23.0 Å². The van der Waals surface area contributed by atoms with Gasteiger partial charge in [0, 0.05) is 29.9 Å². The van der Waals surface area contributed by atoms with Crippen LogP contribution in [-0.4, -0.2) is 30.3 Å². The van der Waals surface area contributed by atoms with Crippen molar-refractivity contribution in [2.45, 2.75) is 38.3 Å². The van der Waals surface area contributed by atoms with Crippen LogP contribution in [0.1, 0.15) is 31.2 Å². The van der Waals surface area contributed by atoms with Crippen molar-refractivity contribution in [2.75, 3.05) is 19.5 Å². The van der Waals surface area contributed by atoms with Crippen molar-refractivity contribution in [1.29, 1.82) is 0 Å². The van der Waals surface area contributed by atoms with E-state index < -0.39 is 0 Å². The van der Waals surface area contributed by atoms with Crippen LogP contribution >= 0.6 is 12.2 Å². The highest BCUT2D eigenvalue weighted by atomic mass is 32.1. The van der Waals surface area contributed by atoms with Crippen molar-refractivity contribution in [3.05, 3.63) is 53.8 Å². The Kier molecular flexibility index (Phi) is 6.50. The fourth-order valence-corrected chi connectivity index (χ4v) is 3.81. The Labute approximate surface area is 165 Å². The molecule has 1 aliphatic carbocycles. The number of ether oxygens (including phenoxy) is 2. The summed E-state index contributed by atoms with van der Waals surface area (Å²) in [7, 11) is 3.30. The molecule has 0 bridgehead atoms. The van der Waals surface area contributed by atoms with E-state index >= 15 is 0 Å². The van der Waals surface area contributed by atoms with Crippen molar-refractivity contribution in [3.8, 4) is 11.5 Å². The van der Waals surface area contributed by atoms with E-state index in [2.05, 4.69) is 10.2 Å². The second-order valence-electron chi connectivity index (χ2n) is 6.68. The van der Waals surface area contributed by atoms with Gasteiger partial charge in [0.2, 0.25) is 0 Å². The number of hydrogen-bond acceptors (Lipinski definition) is 3. The first-order valence-electron chi connectivity index (χ1n) is 9.15. The predicted molar refractivity (Wildman–Crippen MR) is 110 cm³/mol. The summed E-state index contributed by atoms with van der Waals surface area (Å²) in [5, 5.41) is 3.90. The number of methoxy groups -OCH3 is 2. The van der Waals surface area contributed by atoms with E-state index in [-0.39, 0.29) is 5.82 Å². The summed E-state index contributed by atoms with van der Waals surface area (Å²) in [6.45, 7) is 0.644. The zero-order chi connectivity index (χ0) is 19.2. The van der Waals surface area contributed by atoms with Gasteiger partial charge in [0.1, 0.15) is 17.3 Å². The van der Waals surface area contributed by atoms with E-state index in [0.29, 0.717) is 17.7 Å². The zero-order valence-corrected chi connectivity index (χ0v) is 16.5. The van der Waals surface area contributed by atoms with Gasteiger partial charge >= 0.3 is 0 Å². The van der Waals surface area contributed by atoms with Crippen molar-refractivity contribution < 1.29 is 13.9 Å². The van der Waals surface area contributed by atoms with Crippen LogP contribution in [0.15, 0.2) is 42.5 Å². The highest BCUT2D eigenvalue weighted by Crippen LogP contribution is 2.30. The Hall–Kier alpha value is -2.34. The SMILES string of the molecule is COc1ccc(CN(C(=S)Nc2ccc(F)cc2)C2CCCC2)c(OC)c1. The van der Waals surface area contributed by atoms with Crippen LogP contribution in [0.25, 0.3) is 0 Å². The standard InChI is InChI=1S/C21H25FN2O2S/c1-25-19-12-7-15(20(13-19)26-2)14-24(18-5-3-4-6-18)21(27)23-17-10-8-16(22)9-11-17/h7-13,18H,3-6,14H2,1-2H3,(H,23,27). The number of halogens is 1. The molecule has 0 aromatic heterocycles. The molecule has 1 aliphatic rings. The van der Waals surface area contributed by atoms with Gasteiger partial charge < -0.3 is 19.7 Å². The molecule has 3 rings (SSSR count). The Morgan fingerprint density at radius 2 is 1.81 bits per heavy atom. The molecule has 0 unspecified atom stereocenters. The summed E-state index contributed by atoms with van der Waals surface area (Å²) >= 11 is 5.71. The lowest BCUT2D eigenvalue weighted by Gasteiger charge is -2.32. The highest BCUT2D eigenvalue weighted by molar-refractivity contribution is 7.80. The third-order valence-electron chi connectivity index (χ3n) is 4.96. The Balaban J connectivity index is 1.81.